The number of nitrogens with zero attached hydrogens (tertiary/aromatic N) is 2. The third-order valence-electron chi connectivity index (χ3n) is 9.73. The summed E-state index contributed by atoms with van der Waals surface area (Å²) in [5, 5.41) is 1.19. The molecule has 5 heteroatoms. The molecule has 49 heavy (non-hydrogen) atoms. The molecule has 0 aliphatic carbocycles. The molecule has 6 aromatic rings. The van der Waals surface area contributed by atoms with Crippen LogP contribution in [0, 0.1) is 12.8 Å². The summed E-state index contributed by atoms with van der Waals surface area (Å²) in [5.74, 6) is 3.50. The number of likely N-dealkylation sites (tertiary alicyclic amines) is 1. The summed E-state index contributed by atoms with van der Waals surface area (Å²) in [7, 11) is 0. The van der Waals surface area contributed by atoms with Crippen LogP contribution in [0.15, 0.2) is 127 Å². The lowest BCUT2D eigenvalue weighted by Crippen LogP contribution is -2.35. The van der Waals surface area contributed by atoms with Crippen LogP contribution in [0.4, 0.5) is 0 Å². The normalized spacial score (nSPS) is 13.8. The Balaban J connectivity index is 1.11. The predicted molar refractivity (Wildman–Crippen MR) is 200 cm³/mol. The van der Waals surface area contributed by atoms with E-state index in [1.165, 1.54) is 53.7 Å². The minimum atomic E-state index is 0.537. The average molecular weight is 651 g/mol. The highest BCUT2D eigenvalue weighted by atomic mass is 16.5. The van der Waals surface area contributed by atoms with Crippen LogP contribution in [0.25, 0.3) is 22.2 Å². The molecule has 1 fully saturated rings. The van der Waals surface area contributed by atoms with E-state index in [4.69, 9.17) is 14.2 Å². The van der Waals surface area contributed by atoms with Crippen molar-refractivity contribution in [2.75, 3.05) is 26.2 Å². The van der Waals surface area contributed by atoms with Gasteiger partial charge >= 0.3 is 0 Å². The molecule has 1 saturated heterocycles. The Morgan fingerprint density at radius 3 is 1.84 bits per heavy atom. The molecule has 5 nitrogen and oxygen atoms in total. The summed E-state index contributed by atoms with van der Waals surface area (Å²) < 4.78 is 21.0. The molecule has 5 aromatic carbocycles. The largest absolute Gasteiger partial charge is 0.492 e. The van der Waals surface area contributed by atoms with Crippen LogP contribution >= 0.6 is 0 Å². The molecule has 0 saturated carbocycles. The molecule has 0 unspecified atom stereocenters. The van der Waals surface area contributed by atoms with Crippen molar-refractivity contribution in [2.24, 2.45) is 5.92 Å². The van der Waals surface area contributed by atoms with E-state index in [-0.39, 0.29) is 0 Å². The van der Waals surface area contributed by atoms with Crippen LogP contribution in [-0.2, 0) is 19.8 Å². The van der Waals surface area contributed by atoms with Gasteiger partial charge in [0.15, 0.2) is 0 Å². The van der Waals surface area contributed by atoms with Gasteiger partial charge in [0, 0.05) is 24.0 Å². The van der Waals surface area contributed by atoms with Crippen molar-refractivity contribution >= 4 is 10.9 Å². The van der Waals surface area contributed by atoms with Crippen molar-refractivity contribution in [3.05, 3.63) is 150 Å². The molecule has 250 valence electrons. The molecule has 2 heterocycles. The lowest BCUT2D eigenvalue weighted by Gasteiger charge is -2.29. The van der Waals surface area contributed by atoms with E-state index < -0.39 is 0 Å². The number of hydrogen-bond donors (Lipinski definition) is 0. The first kappa shape index (κ1) is 32.5. The maximum absolute atomic E-state index is 6.25. The third kappa shape index (κ3) is 8.18. The lowest BCUT2D eigenvalue weighted by molar-refractivity contribution is 0.160. The molecule has 0 radical (unpaired) electrons. The summed E-state index contributed by atoms with van der Waals surface area (Å²) in [6.07, 6.45) is 2.58. The first-order valence-corrected chi connectivity index (χ1v) is 17.6. The number of ether oxygens (including phenoxy) is 3. The maximum atomic E-state index is 6.25. The summed E-state index contributed by atoms with van der Waals surface area (Å²) in [5.41, 5.74) is 8.29. The number of aryl methyl sites for hydroxylation is 1. The maximum Gasteiger partial charge on any atom is 0.120 e. The molecule has 0 bridgehead atoms. The van der Waals surface area contributed by atoms with Gasteiger partial charge < -0.3 is 18.8 Å². The van der Waals surface area contributed by atoms with E-state index in [1.54, 1.807) is 0 Å². The Morgan fingerprint density at radius 2 is 1.18 bits per heavy atom. The van der Waals surface area contributed by atoms with E-state index in [0.29, 0.717) is 13.2 Å². The standard InChI is InChI=1S/C44H46N2O3/c1-33-23-25-45(26-24-33)27-28-47-39-17-13-35(14-18-39)30-46-43-22-21-41(49-32-37-11-7-4-8-12-37)29-42(43)34(2)44(46)38-15-19-40(20-16-38)48-31-36-9-5-3-6-10-36/h3-22,29,33H,23-28,30-32H2,1-2H3. The summed E-state index contributed by atoms with van der Waals surface area (Å²) in [6, 6.07) is 44.2. The molecule has 0 N–H and O–H groups in total. The molecular formula is C44H46N2O3. The molecule has 7 rings (SSSR count). The first-order chi connectivity index (χ1) is 24.1. The van der Waals surface area contributed by atoms with Gasteiger partial charge in [0.2, 0.25) is 0 Å². The Bertz CT molecular complexity index is 1930. The average Bonchev–Trinajstić information content (AvgIpc) is 3.42. The van der Waals surface area contributed by atoms with Crippen molar-refractivity contribution in [1.29, 1.82) is 0 Å². The Morgan fingerprint density at radius 1 is 0.612 bits per heavy atom. The van der Waals surface area contributed by atoms with Crippen LogP contribution < -0.4 is 14.2 Å². The van der Waals surface area contributed by atoms with Crippen LogP contribution in [0.5, 0.6) is 17.2 Å². The highest BCUT2D eigenvalue weighted by molar-refractivity contribution is 5.92. The Hall–Kier alpha value is -5.00. The van der Waals surface area contributed by atoms with Gasteiger partial charge in [-0.25, -0.2) is 0 Å². The topological polar surface area (TPSA) is 35.9 Å². The number of benzene rings is 5. The van der Waals surface area contributed by atoms with E-state index >= 15 is 0 Å². The molecular weight excluding hydrogens is 604 g/mol. The molecule has 0 atom stereocenters. The minimum Gasteiger partial charge on any atom is -0.492 e. The zero-order valence-corrected chi connectivity index (χ0v) is 28.7. The number of aromatic nitrogens is 1. The van der Waals surface area contributed by atoms with E-state index in [2.05, 4.69) is 114 Å². The van der Waals surface area contributed by atoms with E-state index in [0.717, 1.165) is 59.6 Å². The van der Waals surface area contributed by atoms with Crippen LogP contribution in [0.1, 0.15) is 42.0 Å². The number of piperidine rings is 1. The van der Waals surface area contributed by atoms with Gasteiger partial charge in [-0.05, 0) is 121 Å². The molecule has 1 aliphatic rings. The van der Waals surface area contributed by atoms with Gasteiger partial charge in [0.1, 0.15) is 37.1 Å². The summed E-state index contributed by atoms with van der Waals surface area (Å²) >= 11 is 0. The fourth-order valence-corrected chi connectivity index (χ4v) is 6.77. The number of fused-ring (bicyclic) bond motifs is 1. The van der Waals surface area contributed by atoms with Gasteiger partial charge in [0.05, 0.1) is 5.69 Å². The van der Waals surface area contributed by atoms with E-state index in [1.807, 2.05) is 36.4 Å². The monoisotopic (exact) mass is 650 g/mol. The Labute approximate surface area is 290 Å². The third-order valence-corrected chi connectivity index (χ3v) is 9.73. The van der Waals surface area contributed by atoms with Gasteiger partial charge in [-0.15, -0.1) is 0 Å². The molecule has 1 aromatic heterocycles. The number of hydrogen-bond acceptors (Lipinski definition) is 4. The zero-order chi connectivity index (χ0) is 33.4. The summed E-state index contributed by atoms with van der Waals surface area (Å²) in [4.78, 5) is 2.52. The lowest BCUT2D eigenvalue weighted by atomic mass is 9.99. The van der Waals surface area contributed by atoms with Crippen molar-refractivity contribution in [1.82, 2.24) is 9.47 Å². The highest BCUT2D eigenvalue weighted by Crippen LogP contribution is 2.37. The van der Waals surface area contributed by atoms with Gasteiger partial charge in [0.25, 0.3) is 0 Å². The number of rotatable bonds is 13. The van der Waals surface area contributed by atoms with Crippen molar-refractivity contribution in [3.8, 4) is 28.5 Å². The van der Waals surface area contributed by atoms with Gasteiger partial charge in [-0.2, -0.15) is 0 Å². The van der Waals surface area contributed by atoms with Crippen molar-refractivity contribution in [3.63, 3.8) is 0 Å². The molecule has 0 spiro atoms. The Kier molecular flexibility index (Phi) is 10.3. The predicted octanol–water partition coefficient (Wildman–Crippen LogP) is 9.93. The fraction of sp³-hybridized carbons (Fsp3) is 0.273. The van der Waals surface area contributed by atoms with Crippen molar-refractivity contribution < 1.29 is 14.2 Å². The minimum absolute atomic E-state index is 0.537. The second kappa shape index (κ2) is 15.5. The smallest absolute Gasteiger partial charge is 0.120 e. The quantitative estimate of drug-likeness (QED) is 0.125. The molecule has 0 amide bonds. The summed E-state index contributed by atoms with van der Waals surface area (Å²) in [6.45, 7) is 10.5. The zero-order valence-electron chi connectivity index (χ0n) is 28.7. The molecule has 1 aliphatic heterocycles. The van der Waals surface area contributed by atoms with E-state index in [9.17, 15) is 0 Å². The fourth-order valence-electron chi connectivity index (χ4n) is 6.77. The highest BCUT2D eigenvalue weighted by Gasteiger charge is 2.18. The van der Waals surface area contributed by atoms with Crippen LogP contribution in [0.3, 0.4) is 0 Å². The second-order valence-electron chi connectivity index (χ2n) is 13.3. The second-order valence-corrected chi connectivity index (χ2v) is 13.3. The van der Waals surface area contributed by atoms with Gasteiger partial charge in [-0.3, -0.25) is 4.90 Å². The SMILES string of the molecule is Cc1c(-c2ccc(OCc3ccccc3)cc2)n(Cc2ccc(OCCN3CCC(C)CC3)cc2)c2ccc(OCc3ccccc3)cc12. The van der Waals surface area contributed by atoms with Crippen LogP contribution in [-0.4, -0.2) is 35.7 Å². The first-order valence-electron chi connectivity index (χ1n) is 17.6. The van der Waals surface area contributed by atoms with Gasteiger partial charge in [-0.1, -0.05) is 79.7 Å². The van der Waals surface area contributed by atoms with Crippen LogP contribution in [0.2, 0.25) is 0 Å². The van der Waals surface area contributed by atoms with Crippen molar-refractivity contribution in [2.45, 2.75) is 46.4 Å².